The first-order valence-corrected chi connectivity index (χ1v) is 4.37. The Balaban J connectivity index is 2.27. The van der Waals surface area contributed by atoms with Crippen LogP contribution in [-0.2, 0) is 0 Å². The number of anilines is 2. The number of nitrogens with one attached hydrogen (secondary N) is 1. The Morgan fingerprint density at radius 1 is 1.64 bits per heavy atom. The van der Waals surface area contributed by atoms with Crippen molar-refractivity contribution in [2.75, 3.05) is 23.7 Å². The zero-order valence-electron chi connectivity index (χ0n) is 7.95. The highest BCUT2D eigenvalue weighted by Gasteiger charge is 2.36. The van der Waals surface area contributed by atoms with Gasteiger partial charge in [-0.3, -0.25) is 4.79 Å². The maximum atomic E-state index is 11.2. The van der Waals surface area contributed by atoms with Crippen molar-refractivity contribution < 1.29 is 0 Å². The quantitative estimate of drug-likeness (QED) is 0.527. The van der Waals surface area contributed by atoms with E-state index in [0.717, 1.165) is 0 Å². The number of nitrogens with zero attached hydrogens (tertiary/aromatic N) is 2. The fourth-order valence-corrected chi connectivity index (χ4v) is 1.63. The number of aromatic nitrogens is 2. The number of nitrogen functional groups attached to an aromatic ring is 1. The van der Waals surface area contributed by atoms with Gasteiger partial charge in [-0.05, 0) is 6.92 Å². The molecule has 0 bridgehead atoms. The maximum absolute atomic E-state index is 11.2. The van der Waals surface area contributed by atoms with E-state index in [-0.39, 0.29) is 16.8 Å². The van der Waals surface area contributed by atoms with Crippen molar-refractivity contribution in [3.63, 3.8) is 0 Å². The molecule has 76 valence electrons. The molecule has 0 spiro atoms. The summed E-state index contributed by atoms with van der Waals surface area (Å²) in [6, 6.07) is 0. The third-order valence-corrected chi connectivity index (χ3v) is 2.27. The minimum Gasteiger partial charge on any atom is -0.391 e. The molecule has 1 aliphatic rings. The predicted molar refractivity (Wildman–Crippen MR) is 54.1 cm³/mol. The van der Waals surface area contributed by atoms with Crippen LogP contribution in [0.5, 0.6) is 0 Å². The van der Waals surface area contributed by atoms with E-state index in [0.29, 0.717) is 18.9 Å². The van der Waals surface area contributed by atoms with Crippen LogP contribution >= 0.6 is 0 Å². The number of aromatic amines is 1. The highest BCUT2D eigenvalue weighted by Crippen LogP contribution is 2.25. The average Bonchev–Trinajstić information content (AvgIpc) is 2.06. The second kappa shape index (κ2) is 2.71. The molecule has 0 aromatic carbocycles. The summed E-state index contributed by atoms with van der Waals surface area (Å²) in [5.41, 5.74) is 11.1. The summed E-state index contributed by atoms with van der Waals surface area (Å²) in [7, 11) is 0. The molecule has 5 N–H and O–H groups in total. The average molecular weight is 195 g/mol. The highest BCUT2D eigenvalue weighted by atomic mass is 16.1. The van der Waals surface area contributed by atoms with E-state index in [4.69, 9.17) is 11.5 Å². The van der Waals surface area contributed by atoms with Gasteiger partial charge in [0.15, 0.2) is 5.82 Å². The Morgan fingerprint density at radius 3 is 2.86 bits per heavy atom. The lowest BCUT2D eigenvalue weighted by Gasteiger charge is -2.46. The molecule has 6 nitrogen and oxygen atoms in total. The van der Waals surface area contributed by atoms with E-state index in [1.165, 1.54) is 6.33 Å². The molecule has 0 aliphatic carbocycles. The summed E-state index contributed by atoms with van der Waals surface area (Å²) in [5, 5.41) is 0. The topological polar surface area (TPSA) is 101 Å². The van der Waals surface area contributed by atoms with E-state index in [9.17, 15) is 4.79 Å². The monoisotopic (exact) mass is 195 g/mol. The summed E-state index contributed by atoms with van der Waals surface area (Å²) < 4.78 is 0. The van der Waals surface area contributed by atoms with Crippen LogP contribution in [0.1, 0.15) is 6.92 Å². The molecule has 0 radical (unpaired) electrons. The lowest BCUT2D eigenvalue weighted by Crippen LogP contribution is -2.66. The maximum Gasteiger partial charge on any atom is 0.276 e. The summed E-state index contributed by atoms with van der Waals surface area (Å²) in [5.74, 6) is 0.525. The summed E-state index contributed by atoms with van der Waals surface area (Å²) in [4.78, 5) is 19.5. The molecule has 14 heavy (non-hydrogen) atoms. The minimum atomic E-state index is -0.305. The van der Waals surface area contributed by atoms with E-state index in [1.807, 2.05) is 11.8 Å². The first kappa shape index (κ1) is 9.01. The van der Waals surface area contributed by atoms with Gasteiger partial charge in [0.1, 0.15) is 5.69 Å². The number of H-pyrrole nitrogens is 1. The Kier molecular flexibility index (Phi) is 1.75. The number of hydrogen-bond acceptors (Lipinski definition) is 5. The van der Waals surface area contributed by atoms with Gasteiger partial charge in [0.25, 0.3) is 5.56 Å². The summed E-state index contributed by atoms with van der Waals surface area (Å²) in [6.07, 6.45) is 1.35. The van der Waals surface area contributed by atoms with E-state index >= 15 is 0 Å². The lowest BCUT2D eigenvalue weighted by atomic mass is 9.94. The summed E-state index contributed by atoms with van der Waals surface area (Å²) in [6.45, 7) is 3.30. The molecule has 1 aliphatic heterocycles. The molecule has 1 aromatic rings. The van der Waals surface area contributed by atoms with Gasteiger partial charge in [0, 0.05) is 18.6 Å². The van der Waals surface area contributed by atoms with Crippen molar-refractivity contribution in [2.45, 2.75) is 12.5 Å². The van der Waals surface area contributed by atoms with Crippen LogP contribution in [-0.4, -0.2) is 28.6 Å². The SMILES string of the molecule is CC1(N)CN(c2nc[nH]c(=O)c2N)C1. The normalized spacial score (nSPS) is 19.1. The Labute approximate surface area is 80.9 Å². The fourth-order valence-electron chi connectivity index (χ4n) is 1.63. The van der Waals surface area contributed by atoms with Crippen LogP contribution in [0.3, 0.4) is 0 Å². The largest absolute Gasteiger partial charge is 0.391 e. The van der Waals surface area contributed by atoms with Crippen molar-refractivity contribution in [2.24, 2.45) is 5.73 Å². The van der Waals surface area contributed by atoms with Gasteiger partial charge < -0.3 is 21.4 Å². The molecule has 2 heterocycles. The zero-order valence-corrected chi connectivity index (χ0v) is 7.95. The number of hydrogen-bond donors (Lipinski definition) is 3. The lowest BCUT2D eigenvalue weighted by molar-refractivity contribution is 0.363. The van der Waals surface area contributed by atoms with Crippen LogP contribution in [0.4, 0.5) is 11.5 Å². The Morgan fingerprint density at radius 2 is 2.29 bits per heavy atom. The number of rotatable bonds is 1. The molecule has 1 fully saturated rings. The smallest absolute Gasteiger partial charge is 0.276 e. The van der Waals surface area contributed by atoms with Gasteiger partial charge in [-0.2, -0.15) is 0 Å². The van der Waals surface area contributed by atoms with E-state index in [2.05, 4.69) is 9.97 Å². The first-order valence-electron chi connectivity index (χ1n) is 4.37. The first-order chi connectivity index (χ1) is 6.49. The van der Waals surface area contributed by atoms with Gasteiger partial charge in [0.2, 0.25) is 0 Å². The van der Waals surface area contributed by atoms with Gasteiger partial charge in [-0.25, -0.2) is 4.98 Å². The van der Waals surface area contributed by atoms with Crippen molar-refractivity contribution in [3.8, 4) is 0 Å². The third-order valence-electron chi connectivity index (χ3n) is 2.27. The Hall–Kier alpha value is -1.56. The van der Waals surface area contributed by atoms with Gasteiger partial charge in [0.05, 0.1) is 6.33 Å². The van der Waals surface area contributed by atoms with Crippen LogP contribution in [0.15, 0.2) is 11.1 Å². The molecule has 6 heteroatoms. The van der Waals surface area contributed by atoms with Crippen LogP contribution in [0.25, 0.3) is 0 Å². The zero-order chi connectivity index (χ0) is 10.3. The molecule has 0 unspecified atom stereocenters. The summed E-state index contributed by atoms with van der Waals surface area (Å²) >= 11 is 0. The van der Waals surface area contributed by atoms with Crippen LogP contribution in [0.2, 0.25) is 0 Å². The third kappa shape index (κ3) is 1.33. The van der Waals surface area contributed by atoms with Crippen LogP contribution in [0, 0.1) is 0 Å². The van der Waals surface area contributed by atoms with Crippen molar-refractivity contribution in [1.29, 1.82) is 0 Å². The molecular formula is C8H13N5O. The fraction of sp³-hybridized carbons (Fsp3) is 0.500. The molecule has 0 amide bonds. The van der Waals surface area contributed by atoms with Gasteiger partial charge in [-0.1, -0.05) is 0 Å². The minimum absolute atomic E-state index is 0.156. The standard InChI is InChI=1S/C8H13N5O/c1-8(10)2-13(3-8)6-5(9)7(14)12-4-11-6/h4H,2-3,9-10H2,1H3,(H,11,12,14). The molecule has 2 rings (SSSR count). The number of nitrogens with two attached hydrogens (primary N) is 2. The van der Waals surface area contributed by atoms with Crippen molar-refractivity contribution in [3.05, 3.63) is 16.7 Å². The second-order valence-electron chi connectivity index (χ2n) is 3.98. The highest BCUT2D eigenvalue weighted by molar-refractivity contribution is 5.62. The van der Waals surface area contributed by atoms with E-state index < -0.39 is 0 Å². The molecular weight excluding hydrogens is 182 g/mol. The predicted octanol–water partition coefficient (Wildman–Crippen LogP) is -1.11. The van der Waals surface area contributed by atoms with Crippen LogP contribution < -0.4 is 21.9 Å². The van der Waals surface area contributed by atoms with Crippen molar-refractivity contribution >= 4 is 11.5 Å². The van der Waals surface area contributed by atoms with E-state index in [1.54, 1.807) is 0 Å². The molecule has 1 saturated heterocycles. The second-order valence-corrected chi connectivity index (χ2v) is 3.98. The molecule has 1 aromatic heterocycles. The van der Waals surface area contributed by atoms with Crippen molar-refractivity contribution in [1.82, 2.24) is 9.97 Å². The van der Waals surface area contributed by atoms with Gasteiger partial charge in [-0.15, -0.1) is 0 Å². The molecule has 0 saturated carbocycles. The van der Waals surface area contributed by atoms with Gasteiger partial charge >= 0.3 is 0 Å². The molecule has 0 atom stereocenters. The Bertz CT molecular complexity index is 402.